The standard InChI is InChI=1S/C15H33NO/c1-6-14(7-8-17)11-16-15(9-12(2)3)10-13(4)5/h12-17H,6-11H2,1-5H3. The minimum Gasteiger partial charge on any atom is -0.396 e. The first-order chi connectivity index (χ1) is 7.99. The van der Waals surface area contributed by atoms with Crippen LogP contribution in [0.15, 0.2) is 0 Å². The molecule has 0 spiro atoms. The van der Waals surface area contributed by atoms with Gasteiger partial charge in [-0.25, -0.2) is 0 Å². The highest BCUT2D eigenvalue weighted by molar-refractivity contribution is 4.72. The van der Waals surface area contributed by atoms with E-state index < -0.39 is 0 Å². The van der Waals surface area contributed by atoms with E-state index in [1.165, 1.54) is 12.8 Å². The second-order valence-electron chi connectivity index (χ2n) is 6.15. The monoisotopic (exact) mass is 243 g/mol. The average molecular weight is 243 g/mol. The lowest BCUT2D eigenvalue weighted by atomic mass is 9.94. The summed E-state index contributed by atoms with van der Waals surface area (Å²) in [5, 5.41) is 12.7. The summed E-state index contributed by atoms with van der Waals surface area (Å²) < 4.78 is 0. The molecule has 0 fully saturated rings. The van der Waals surface area contributed by atoms with Crippen molar-refractivity contribution in [1.82, 2.24) is 5.32 Å². The van der Waals surface area contributed by atoms with Crippen LogP contribution in [0.5, 0.6) is 0 Å². The summed E-state index contributed by atoms with van der Waals surface area (Å²) >= 11 is 0. The Hall–Kier alpha value is -0.0800. The molecule has 0 aromatic heterocycles. The third-order valence-electron chi connectivity index (χ3n) is 3.32. The van der Waals surface area contributed by atoms with Crippen LogP contribution in [0.3, 0.4) is 0 Å². The van der Waals surface area contributed by atoms with Crippen LogP contribution in [-0.2, 0) is 0 Å². The summed E-state index contributed by atoms with van der Waals surface area (Å²) in [7, 11) is 0. The van der Waals surface area contributed by atoms with Crippen molar-refractivity contribution < 1.29 is 5.11 Å². The van der Waals surface area contributed by atoms with Crippen LogP contribution < -0.4 is 5.32 Å². The molecular weight excluding hydrogens is 210 g/mol. The molecule has 0 rings (SSSR count). The molecule has 2 nitrogen and oxygen atoms in total. The Morgan fingerprint density at radius 3 is 1.88 bits per heavy atom. The topological polar surface area (TPSA) is 32.3 Å². The van der Waals surface area contributed by atoms with E-state index in [4.69, 9.17) is 5.11 Å². The average Bonchev–Trinajstić information content (AvgIpc) is 2.22. The fourth-order valence-electron chi connectivity index (χ4n) is 2.37. The molecule has 0 bridgehead atoms. The van der Waals surface area contributed by atoms with Gasteiger partial charge in [-0.2, -0.15) is 0 Å². The zero-order valence-corrected chi connectivity index (χ0v) is 12.5. The van der Waals surface area contributed by atoms with Gasteiger partial charge in [0.05, 0.1) is 0 Å². The van der Waals surface area contributed by atoms with Gasteiger partial charge in [-0.15, -0.1) is 0 Å². The molecule has 0 aromatic carbocycles. The fraction of sp³-hybridized carbons (Fsp3) is 1.00. The fourth-order valence-corrected chi connectivity index (χ4v) is 2.37. The Kier molecular flexibility index (Phi) is 9.85. The molecule has 2 heteroatoms. The summed E-state index contributed by atoms with van der Waals surface area (Å²) in [6, 6.07) is 0.641. The molecule has 0 heterocycles. The van der Waals surface area contributed by atoms with Gasteiger partial charge in [-0.1, -0.05) is 41.0 Å². The molecule has 0 saturated heterocycles. The van der Waals surface area contributed by atoms with Gasteiger partial charge in [0.25, 0.3) is 0 Å². The van der Waals surface area contributed by atoms with Crippen molar-refractivity contribution in [1.29, 1.82) is 0 Å². The molecule has 0 aromatic rings. The lowest BCUT2D eigenvalue weighted by molar-refractivity contribution is 0.243. The maximum atomic E-state index is 9.00. The number of rotatable bonds is 10. The van der Waals surface area contributed by atoms with E-state index in [0.717, 1.165) is 31.2 Å². The van der Waals surface area contributed by atoms with E-state index in [1.807, 2.05) is 0 Å². The summed E-state index contributed by atoms with van der Waals surface area (Å²) in [4.78, 5) is 0. The van der Waals surface area contributed by atoms with Crippen molar-refractivity contribution in [2.75, 3.05) is 13.2 Å². The maximum absolute atomic E-state index is 9.00. The van der Waals surface area contributed by atoms with Crippen LogP contribution in [0.1, 0.15) is 60.3 Å². The molecule has 1 atom stereocenters. The lowest BCUT2D eigenvalue weighted by Crippen LogP contribution is -2.35. The van der Waals surface area contributed by atoms with Crippen molar-refractivity contribution in [3.8, 4) is 0 Å². The van der Waals surface area contributed by atoms with Gasteiger partial charge in [-0.3, -0.25) is 0 Å². The van der Waals surface area contributed by atoms with Gasteiger partial charge in [0, 0.05) is 12.6 Å². The van der Waals surface area contributed by atoms with Crippen LogP contribution in [0, 0.1) is 17.8 Å². The van der Waals surface area contributed by atoms with Gasteiger partial charge in [0.2, 0.25) is 0 Å². The van der Waals surface area contributed by atoms with Gasteiger partial charge in [0.15, 0.2) is 0 Å². The van der Waals surface area contributed by atoms with E-state index in [-0.39, 0.29) is 0 Å². The largest absolute Gasteiger partial charge is 0.396 e. The molecule has 0 aliphatic carbocycles. The summed E-state index contributed by atoms with van der Waals surface area (Å²) in [6.45, 7) is 12.8. The predicted molar refractivity (Wildman–Crippen MR) is 76.2 cm³/mol. The van der Waals surface area contributed by atoms with E-state index in [0.29, 0.717) is 18.6 Å². The van der Waals surface area contributed by atoms with Crippen molar-refractivity contribution in [3.63, 3.8) is 0 Å². The van der Waals surface area contributed by atoms with Gasteiger partial charge < -0.3 is 10.4 Å². The van der Waals surface area contributed by atoms with E-state index in [9.17, 15) is 0 Å². The number of hydrogen-bond donors (Lipinski definition) is 2. The molecule has 0 saturated carbocycles. The highest BCUT2D eigenvalue weighted by atomic mass is 16.3. The second kappa shape index (κ2) is 9.90. The van der Waals surface area contributed by atoms with E-state index in [1.54, 1.807) is 0 Å². The Labute approximate surface area is 108 Å². The Balaban J connectivity index is 4.03. The first-order valence-electron chi connectivity index (χ1n) is 7.33. The van der Waals surface area contributed by atoms with Gasteiger partial charge >= 0.3 is 0 Å². The normalized spacial score (nSPS) is 13.9. The number of aliphatic hydroxyl groups excluding tert-OH is 1. The first-order valence-corrected chi connectivity index (χ1v) is 7.33. The molecule has 0 aliphatic heterocycles. The quantitative estimate of drug-likeness (QED) is 0.616. The van der Waals surface area contributed by atoms with E-state index in [2.05, 4.69) is 39.9 Å². The minimum atomic E-state index is 0.319. The number of nitrogens with one attached hydrogen (secondary N) is 1. The summed E-state index contributed by atoms with van der Waals surface area (Å²) in [5.41, 5.74) is 0. The zero-order chi connectivity index (χ0) is 13.3. The minimum absolute atomic E-state index is 0.319. The molecule has 17 heavy (non-hydrogen) atoms. The van der Waals surface area contributed by atoms with Crippen LogP contribution in [0.4, 0.5) is 0 Å². The third kappa shape index (κ3) is 9.61. The molecule has 0 aliphatic rings. The maximum Gasteiger partial charge on any atom is 0.0434 e. The molecule has 104 valence electrons. The molecule has 2 N–H and O–H groups in total. The summed E-state index contributed by atoms with van der Waals surface area (Å²) in [6.07, 6.45) is 4.60. The Bertz CT molecular complexity index is 158. The van der Waals surface area contributed by atoms with Gasteiger partial charge in [0.1, 0.15) is 0 Å². The second-order valence-corrected chi connectivity index (χ2v) is 6.15. The van der Waals surface area contributed by atoms with Crippen molar-refractivity contribution in [2.24, 2.45) is 17.8 Å². The zero-order valence-electron chi connectivity index (χ0n) is 12.5. The van der Waals surface area contributed by atoms with Crippen LogP contribution in [0.25, 0.3) is 0 Å². The SMILES string of the molecule is CCC(CCO)CNC(CC(C)C)CC(C)C. The molecule has 0 radical (unpaired) electrons. The third-order valence-corrected chi connectivity index (χ3v) is 3.32. The number of hydrogen-bond acceptors (Lipinski definition) is 2. The highest BCUT2D eigenvalue weighted by Crippen LogP contribution is 2.14. The lowest BCUT2D eigenvalue weighted by Gasteiger charge is -2.25. The smallest absolute Gasteiger partial charge is 0.0434 e. The summed E-state index contributed by atoms with van der Waals surface area (Å²) in [5.74, 6) is 2.13. The Morgan fingerprint density at radius 1 is 1.00 bits per heavy atom. The number of aliphatic hydroxyl groups is 1. The highest BCUT2D eigenvalue weighted by Gasteiger charge is 2.14. The van der Waals surface area contributed by atoms with Crippen LogP contribution in [-0.4, -0.2) is 24.3 Å². The first kappa shape index (κ1) is 16.9. The molecular formula is C15H33NO. The molecule has 1 unspecified atom stereocenters. The van der Waals surface area contributed by atoms with Crippen LogP contribution in [0.2, 0.25) is 0 Å². The van der Waals surface area contributed by atoms with E-state index >= 15 is 0 Å². The predicted octanol–water partition coefficient (Wildman–Crippen LogP) is 3.45. The van der Waals surface area contributed by atoms with Crippen LogP contribution >= 0.6 is 0 Å². The molecule has 0 amide bonds. The van der Waals surface area contributed by atoms with Crippen molar-refractivity contribution in [2.45, 2.75) is 66.3 Å². The Morgan fingerprint density at radius 2 is 1.53 bits per heavy atom. The van der Waals surface area contributed by atoms with Gasteiger partial charge in [-0.05, 0) is 43.6 Å². The van der Waals surface area contributed by atoms with Crippen molar-refractivity contribution >= 4 is 0 Å². The van der Waals surface area contributed by atoms with Crippen molar-refractivity contribution in [3.05, 3.63) is 0 Å².